The van der Waals surface area contributed by atoms with Crippen molar-refractivity contribution in [1.82, 2.24) is 0 Å². The van der Waals surface area contributed by atoms with Crippen LogP contribution in [0.15, 0.2) is 60.7 Å². The average Bonchev–Trinajstić information content (AvgIpc) is 2.46. The zero-order chi connectivity index (χ0) is 14.4. The molecule has 0 spiro atoms. The van der Waals surface area contributed by atoms with E-state index in [0.717, 1.165) is 16.5 Å². The number of carbonyl (C=O) groups is 1. The van der Waals surface area contributed by atoms with Crippen molar-refractivity contribution >= 4 is 16.7 Å². The number of allylic oxidation sites excluding steroid dienone is 3. The first kappa shape index (κ1) is 13.9. The van der Waals surface area contributed by atoms with Crippen molar-refractivity contribution in [1.29, 1.82) is 0 Å². The van der Waals surface area contributed by atoms with Gasteiger partial charge in [0.15, 0.2) is 0 Å². The molecule has 0 saturated carbocycles. The summed E-state index contributed by atoms with van der Waals surface area (Å²) in [7, 11) is 1.62. The maximum absolute atomic E-state index is 11.6. The Kier molecular flexibility index (Phi) is 4.56. The normalized spacial score (nSPS) is 11.3. The summed E-state index contributed by atoms with van der Waals surface area (Å²) in [4.78, 5) is 11.6. The maximum atomic E-state index is 11.6. The topological polar surface area (TPSA) is 35.5 Å². The minimum atomic E-state index is -0.398. The molecular formula is C17H16O3. The number of carbonyl (C=O) groups excluding carboxylic acids is 1. The number of hydrogen-bond acceptors (Lipinski definition) is 3. The molecule has 0 N–H and O–H groups in total. The van der Waals surface area contributed by atoms with E-state index in [-0.39, 0.29) is 0 Å². The molecule has 0 heterocycles. The van der Waals surface area contributed by atoms with Crippen molar-refractivity contribution in [2.45, 2.75) is 6.92 Å². The van der Waals surface area contributed by atoms with Crippen LogP contribution in [0.3, 0.4) is 0 Å². The standard InChI is InChI=1S/C17H16O3/c1-3-4-5-6-17(18)20-16-10-8-13-7-9-15(19-2)11-14(13)12-16/h3-12H,1-2H3/b4-3+,6-5+. The van der Waals surface area contributed by atoms with Crippen LogP contribution in [-0.4, -0.2) is 13.1 Å². The predicted octanol–water partition coefficient (Wildman–Crippen LogP) is 3.89. The molecule has 0 bridgehead atoms. The third kappa shape index (κ3) is 3.48. The molecule has 0 unspecified atom stereocenters. The molecule has 0 aliphatic rings. The maximum Gasteiger partial charge on any atom is 0.336 e. The van der Waals surface area contributed by atoms with Gasteiger partial charge < -0.3 is 9.47 Å². The summed E-state index contributed by atoms with van der Waals surface area (Å²) in [5.74, 6) is 0.889. The molecule has 0 aliphatic heterocycles. The fourth-order valence-electron chi connectivity index (χ4n) is 1.79. The summed E-state index contributed by atoms with van der Waals surface area (Å²) in [6.45, 7) is 1.88. The zero-order valence-corrected chi connectivity index (χ0v) is 11.5. The Morgan fingerprint density at radius 1 is 1.00 bits per heavy atom. The quantitative estimate of drug-likeness (QED) is 0.365. The Bertz CT molecular complexity index is 669. The van der Waals surface area contributed by atoms with Gasteiger partial charge in [-0.15, -0.1) is 0 Å². The Labute approximate surface area is 118 Å². The van der Waals surface area contributed by atoms with E-state index in [1.165, 1.54) is 6.08 Å². The number of fused-ring (bicyclic) bond motifs is 1. The van der Waals surface area contributed by atoms with E-state index in [4.69, 9.17) is 9.47 Å². The first-order chi connectivity index (χ1) is 9.72. The van der Waals surface area contributed by atoms with Crippen LogP contribution in [0.4, 0.5) is 0 Å². The third-order valence-corrected chi connectivity index (χ3v) is 2.77. The van der Waals surface area contributed by atoms with E-state index in [1.54, 1.807) is 25.3 Å². The smallest absolute Gasteiger partial charge is 0.336 e. The number of methoxy groups -OCH3 is 1. The van der Waals surface area contributed by atoms with Crippen molar-refractivity contribution < 1.29 is 14.3 Å². The van der Waals surface area contributed by atoms with Gasteiger partial charge in [-0.05, 0) is 42.0 Å². The van der Waals surface area contributed by atoms with E-state index in [2.05, 4.69) is 0 Å². The molecule has 2 aromatic carbocycles. The van der Waals surface area contributed by atoms with E-state index in [0.29, 0.717) is 5.75 Å². The van der Waals surface area contributed by atoms with Gasteiger partial charge >= 0.3 is 5.97 Å². The molecule has 2 aromatic rings. The van der Waals surface area contributed by atoms with Gasteiger partial charge in [0.25, 0.3) is 0 Å². The molecule has 0 aromatic heterocycles. The van der Waals surface area contributed by atoms with Crippen LogP contribution in [0.1, 0.15) is 6.92 Å². The summed E-state index contributed by atoms with van der Waals surface area (Å²) in [6, 6.07) is 11.3. The lowest BCUT2D eigenvalue weighted by Gasteiger charge is -2.05. The highest BCUT2D eigenvalue weighted by Crippen LogP contribution is 2.25. The second kappa shape index (κ2) is 6.57. The monoisotopic (exact) mass is 268 g/mol. The molecular weight excluding hydrogens is 252 g/mol. The Morgan fingerprint density at radius 3 is 2.40 bits per heavy atom. The van der Waals surface area contributed by atoms with E-state index < -0.39 is 5.97 Å². The second-order valence-electron chi connectivity index (χ2n) is 4.18. The van der Waals surface area contributed by atoms with Gasteiger partial charge in [-0.1, -0.05) is 30.4 Å². The van der Waals surface area contributed by atoms with Gasteiger partial charge in [-0.25, -0.2) is 4.79 Å². The van der Waals surface area contributed by atoms with Crippen LogP contribution in [0.5, 0.6) is 11.5 Å². The lowest BCUT2D eigenvalue weighted by molar-refractivity contribution is -0.128. The summed E-state index contributed by atoms with van der Waals surface area (Å²) >= 11 is 0. The summed E-state index contributed by atoms with van der Waals surface area (Å²) in [5, 5.41) is 2.03. The molecule has 0 fully saturated rings. The molecule has 0 saturated heterocycles. The molecule has 0 aliphatic carbocycles. The van der Waals surface area contributed by atoms with Crippen LogP contribution in [0.2, 0.25) is 0 Å². The predicted molar refractivity (Wildman–Crippen MR) is 80.1 cm³/mol. The van der Waals surface area contributed by atoms with Crippen LogP contribution in [-0.2, 0) is 4.79 Å². The van der Waals surface area contributed by atoms with E-state index in [9.17, 15) is 4.79 Å². The van der Waals surface area contributed by atoms with Crippen molar-refractivity contribution in [3.63, 3.8) is 0 Å². The van der Waals surface area contributed by atoms with Gasteiger partial charge in [0.2, 0.25) is 0 Å². The first-order valence-corrected chi connectivity index (χ1v) is 6.32. The zero-order valence-electron chi connectivity index (χ0n) is 11.5. The number of benzene rings is 2. The highest BCUT2D eigenvalue weighted by molar-refractivity contribution is 5.88. The first-order valence-electron chi connectivity index (χ1n) is 6.32. The molecule has 0 atom stereocenters. The van der Waals surface area contributed by atoms with Crippen molar-refractivity contribution in [3.8, 4) is 11.5 Å². The van der Waals surface area contributed by atoms with Crippen molar-refractivity contribution in [3.05, 3.63) is 60.7 Å². The lowest BCUT2D eigenvalue weighted by atomic mass is 10.1. The summed E-state index contributed by atoms with van der Waals surface area (Å²) in [6.07, 6.45) is 6.64. The largest absolute Gasteiger partial charge is 0.497 e. The van der Waals surface area contributed by atoms with Crippen LogP contribution in [0.25, 0.3) is 10.8 Å². The van der Waals surface area contributed by atoms with E-state index in [1.807, 2.05) is 43.3 Å². The highest BCUT2D eigenvalue weighted by atomic mass is 16.5. The van der Waals surface area contributed by atoms with Gasteiger partial charge in [0, 0.05) is 6.08 Å². The molecule has 2 rings (SSSR count). The molecule has 20 heavy (non-hydrogen) atoms. The highest BCUT2D eigenvalue weighted by Gasteiger charge is 2.02. The fourth-order valence-corrected chi connectivity index (χ4v) is 1.79. The van der Waals surface area contributed by atoms with Crippen LogP contribution < -0.4 is 9.47 Å². The minimum absolute atomic E-state index is 0.398. The second-order valence-corrected chi connectivity index (χ2v) is 4.18. The van der Waals surface area contributed by atoms with Crippen LogP contribution in [0, 0.1) is 0 Å². The average molecular weight is 268 g/mol. The van der Waals surface area contributed by atoms with Crippen molar-refractivity contribution in [2.75, 3.05) is 7.11 Å². The Balaban J connectivity index is 2.20. The number of ether oxygens (including phenoxy) is 2. The Hall–Kier alpha value is -2.55. The number of esters is 1. The Morgan fingerprint density at radius 2 is 1.70 bits per heavy atom. The van der Waals surface area contributed by atoms with Gasteiger partial charge in [0.05, 0.1) is 7.11 Å². The van der Waals surface area contributed by atoms with Crippen LogP contribution >= 0.6 is 0 Å². The minimum Gasteiger partial charge on any atom is -0.497 e. The third-order valence-electron chi connectivity index (χ3n) is 2.77. The number of hydrogen-bond donors (Lipinski definition) is 0. The molecule has 3 nitrogen and oxygen atoms in total. The lowest BCUT2D eigenvalue weighted by Crippen LogP contribution is -2.03. The van der Waals surface area contributed by atoms with Crippen molar-refractivity contribution in [2.24, 2.45) is 0 Å². The number of rotatable bonds is 4. The summed E-state index contributed by atoms with van der Waals surface area (Å²) < 4.78 is 10.4. The van der Waals surface area contributed by atoms with Gasteiger partial charge in [-0.2, -0.15) is 0 Å². The summed E-state index contributed by atoms with van der Waals surface area (Å²) in [5.41, 5.74) is 0. The molecule has 0 radical (unpaired) electrons. The fraction of sp³-hybridized carbons (Fsp3) is 0.118. The van der Waals surface area contributed by atoms with Gasteiger partial charge in [0.1, 0.15) is 11.5 Å². The molecule has 0 amide bonds. The van der Waals surface area contributed by atoms with E-state index >= 15 is 0 Å². The SMILES string of the molecule is C/C=C/C=C/C(=O)Oc1ccc2ccc(OC)cc2c1. The molecule has 102 valence electrons. The molecule has 3 heteroatoms. The van der Waals surface area contributed by atoms with Gasteiger partial charge in [-0.3, -0.25) is 0 Å².